The molecule has 2 amide bonds. The summed E-state index contributed by atoms with van der Waals surface area (Å²) in [5.74, 6) is -0.556. The minimum absolute atomic E-state index is 0.00926. The lowest BCUT2D eigenvalue weighted by Gasteiger charge is -2.27. The normalized spacial score (nSPS) is 18.6. The van der Waals surface area contributed by atoms with Gasteiger partial charge in [-0.25, -0.2) is 0 Å². The van der Waals surface area contributed by atoms with Crippen molar-refractivity contribution in [2.45, 2.75) is 18.9 Å². The molecule has 86 valence electrons. The van der Waals surface area contributed by atoms with E-state index in [-0.39, 0.29) is 12.3 Å². The maximum atomic E-state index is 11.6. The molecule has 0 aromatic heterocycles. The van der Waals surface area contributed by atoms with Gasteiger partial charge in [-0.3, -0.25) is 9.59 Å². The zero-order valence-corrected chi connectivity index (χ0v) is 8.65. The SMILES string of the molecule is NC(=O)[C@@H](N)CCC(=O)N1CCOCC1. The third-order valence-corrected chi connectivity index (χ3v) is 2.40. The van der Waals surface area contributed by atoms with Crippen LogP contribution in [0.1, 0.15) is 12.8 Å². The summed E-state index contributed by atoms with van der Waals surface area (Å²) >= 11 is 0. The quantitative estimate of drug-likeness (QED) is 0.592. The van der Waals surface area contributed by atoms with Gasteiger partial charge < -0.3 is 21.1 Å². The van der Waals surface area contributed by atoms with Crippen LogP contribution in [0, 0.1) is 0 Å². The minimum Gasteiger partial charge on any atom is -0.378 e. The Labute approximate surface area is 88.5 Å². The first-order valence-corrected chi connectivity index (χ1v) is 5.01. The van der Waals surface area contributed by atoms with Crippen LogP contribution in [0.5, 0.6) is 0 Å². The number of amides is 2. The van der Waals surface area contributed by atoms with Gasteiger partial charge in [0.25, 0.3) is 0 Å². The Kier molecular flexibility index (Phi) is 4.51. The Bertz CT molecular complexity index is 239. The van der Waals surface area contributed by atoms with E-state index in [0.717, 1.165) is 0 Å². The second-order valence-corrected chi connectivity index (χ2v) is 3.54. The van der Waals surface area contributed by atoms with Gasteiger partial charge in [0.1, 0.15) is 0 Å². The molecule has 0 spiro atoms. The molecule has 15 heavy (non-hydrogen) atoms. The Hall–Kier alpha value is -1.14. The summed E-state index contributed by atoms with van der Waals surface area (Å²) in [5, 5.41) is 0. The molecule has 0 aromatic rings. The second-order valence-electron chi connectivity index (χ2n) is 3.54. The lowest BCUT2D eigenvalue weighted by Crippen LogP contribution is -2.42. The molecule has 1 atom stereocenters. The molecule has 0 unspecified atom stereocenters. The van der Waals surface area contributed by atoms with Gasteiger partial charge in [0, 0.05) is 19.5 Å². The smallest absolute Gasteiger partial charge is 0.234 e. The number of carbonyl (C=O) groups excluding carboxylic acids is 2. The summed E-state index contributed by atoms with van der Waals surface area (Å²) in [6.45, 7) is 2.39. The summed E-state index contributed by atoms with van der Waals surface area (Å²) in [6, 6.07) is -0.727. The molecular formula is C9H17N3O3. The van der Waals surface area contributed by atoms with Gasteiger partial charge in [-0.2, -0.15) is 0 Å². The number of hydrogen-bond acceptors (Lipinski definition) is 4. The zero-order chi connectivity index (χ0) is 11.3. The molecule has 1 fully saturated rings. The van der Waals surface area contributed by atoms with E-state index in [4.69, 9.17) is 16.2 Å². The van der Waals surface area contributed by atoms with E-state index in [0.29, 0.717) is 32.7 Å². The van der Waals surface area contributed by atoms with Crippen LogP contribution in [0.4, 0.5) is 0 Å². The van der Waals surface area contributed by atoms with Crippen molar-refractivity contribution in [3.05, 3.63) is 0 Å². The van der Waals surface area contributed by atoms with Gasteiger partial charge in [0.05, 0.1) is 19.3 Å². The van der Waals surface area contributed by atoms with Crippen LogP contribution in [-0.4, -0.2) is 49.1 Å². The topological polar surface area (TPSA) is 98.7 Å². The molecule has 1 aliphatic heterocycles. The monoisotopic (exact) mass is 215 g/mol. The van der Waals surface area contributed by atoms with Gasteiger partial charge >= 0.3 is 0 Å². The first-order valence-electron chi connectivity index (χ1n) is 5.01. The highest BCUT2D eigenvalue weighted by Crippen LogP contribution is 2.03. The number of morpholine rings is 1. The first kappa shape index (κ1) is 11.9. The fourth-order valence-electron chi connectivity index (χ4n) is 1.39. The Balaban J connectivity index is 2.25. The molecule has 1 heterocycles. The average molecular weight is 215 g/mol. The van der Waals surface area contributed by atoms with Gasteiger partial charge in [-0.05, 0) is 6.42 Å². The van der Waals surface area contributed by atoms with Gasteiger partial charge in [0.2, 0.25) is 11.8 Å². The number of hydrogen-bond donors (Lipinski definition) is 2. The van der Waals surface area contributed by atoms with Crippen LogP contribution in [0.25, 0.3) is 0 Å². The van der Waals surface area contributed by atoms with Crippen molar-refractivity contribution in [2.24, 2.45) is 11.5 Å². The minimum atomic E-state index is -0.727. The predicted octanol–water partition coefficient (Wildman–Crippen LogP) is -1.56. The molecule has 1 rings (SSSR count). The second kappa shape index (κ2) is 5.67. The molecule has 0 bridgehead atoms. The number of ether oxygens (including phenoxy) is 1. The fraction of sp³-hybridized carbons (Fsp3) is 0.778. The molecule has 0 aliphatic carbocycles. The number of carbonyl (C=O) groups is 2. The largest absolute Gasteiger partial charge is 0.378 e. The number of nitrogens with zero attached hydrogens (tertiary/aromatic N) is 1. The standard InChI is InChI=1S/C9H17N3O3/c10-7(9(11)14)1-2-8(13)12-3-5-15-6-4-12/h7H,1-6,10H2,(H2,11,14)/t7-/m0/s1. The van der Waals surface area contributed by atoms with E-state index in [1.807, 2.05) is 0 Å². The van der Waals surface area contributed by atoms with Crippen molar-refractivity contribution >= 4 is 11.8 Å². The number of rotatable bonds is 4. The van der Waals surface area contributed by atoms with E-state index in [2.05, 4.69) is 0 Å². The molecule has 4 N–H and O–H groups in total. The van der Waals surface area contributed by atoms with Crippen LogP contribution < -0.4 is 11.5 Å². The summed E-state index contributed by atoms with van der Waals surface area (Å²) in [7, 11) is 0. The van der Waals surface area contributed by atoms with E-state index < -0.39 is 11.9 Å². The van der Waals surface area contributed by atoms with Crippen LogP contribution >= 0.6 is 0 Å². The van der Waals surface area contributed by atoms with Crippen molar-refractivity contribution in [3.8, 4) is 0 Å². The molecule has 0 radical (unpaired) electrons. The summed E-state index contributed by atoms with van der Waals surface area (Å²) < 4.78 is 5.12. The van der Waals surface area contributed by atoms with Crippen LogP contribution in [0.15, 0.2) is 0 Å². The van der Waals surface area contributed by atoms with E-state index in [1.165, 1.54) is 0 Å². The Morgan fingerprint density at radius 3 is 2.47 bits per heavy atom. The van der Waals surface area contributed by atoms with E-state index >= 15 is 0 Å². The lowest BCUT2D eigenvalue weighted by molar-refractivity contribution is -0.135. The number of nitrogens with two attached hydrogens (primary N) is 2. The highest BCUT2D eigenvalue weighted by Gasteiger charge is 2.18. The first-order chi connectivity index (χ1) is 7.11. The van der Waals surface area contributed by atoms with Crippen LogP contribution in [-0.2, 0) is 14.3 Å². The summed E-state index contributed by atoms with van der Waals surface area (Å²) in [6.07, 6.45) is 0.579. The molecule has 1 aliphatic rings. The molecular weight excluding hydrogens is 198 g/mol. The third-order valence-electron chi connectivity index (χ3n) is 2.40. The maximum Gasteiger partial charge on any atom is 0.234 e. The summed E-state index contributed by atoms with van der Waals surface area (Å²) in [5.41, 5.74) is 10.4. The van der Waals surface area contributed by atoms with Gasteiger partial charge in [-0.1, -0.05) is 0 Å². The van der Waals surface area contributed by atoms with Crippen molar-refractivity contribution in [3.63, 3.8) is 0 Å². The Morgan fingerprint density at radius 2 is 1.93 bits per heavy atom. The van der Waals surface area contributed by atoms with Crippen LogP contribution in [0.2, 0.25) is 0 Å². The molecule has 6 nitrogen and oxygen atoms in total. The zero-order valence-electron chi connectivity index (χ0n) is 8.65. The molecule has 0 saturated carbocycles. The Morgan fingerprint density at radius 1 is 1.33 bits per heavy atom. The van der Waals surface area contributed by atoms with Crippen molar-refractivity contribution < 1.29 is 14.3 Å². The maximum absolute atomic E-state index is 11.6. The lowest BCUT2D eigenvalue weighted by atomic mass is 10.1. The highest BCUT2D eigenvalue weighted by molar-refractivity contribution is 5.81. The van der Waals surface area contributed by atoms with Crippen molar-refractivity contribution in [2.75, 3.05) is 26.3 Å². The van der Waals surface area contributed by atoms with E-state index in [1.54, 1.807) is 4.90 Å². The summed E-state index contributed by atoms with van der Waals surface area (Å²) in [4.78, 5) is 23.9. The van der Waals surface area contributed by atoms with Crippen LogP contribution in [0.3, 0.4) is 0 Å². The van der Waals surface area contributed by atoms with Crippen molar-refractivity contribution in [1.29, 1.82) is 0 Å². The highest BCUT2D eigenvalue weighted by atomic mass is 16.5. The van der Waals surface area contributed by atoms with Gasteiger partial charge in [0.15, 0.2) is 0 Å². The van der Waals surface area contributed by atoms with E-state index in [9.17, 15) is 9.59 Å². The fourth-order valence-corrected chi connectivity index (χ4v) is 1.39. The average Bonchev–Trinajstić information content (AvgIpc) is 2.26. The predicted molar refractivity (Wildman–Crippen MR) is 53.8 cm³/mol. The third kappa shape index (κ3) is 3.85. The molecule has 6 heteroatoms. The van der Waals surface area contributed by atoms with Gasteiger partial charge in [-0.15, -0.1) is 0 Å². The van der Waals surface area contributed by atoms with Crippen molar-refractivity contribution in [1.82, 2.24) is 4.90 Å². The molecule has 0 aromatic carbocycles. The number of primary amides is 1. The molecule has 1 saturated heterocycles.